The van der Waals surface area contributed by atoms with Crippen molar-refractivity contribution in [1.82, 2.24) is 4.98 Å². The van der Waals surface area contributed by atoms with Gasteiger partial charge in [0, 0.05) is 28.0 Å². The van der Waals surface area contributed by atoms with Gasteiger partial charge in [-0.05, 0) is 31.5 Å². The average Bonchev–Trinajstić information content (AvgIpc) is 2.36. The second-order valence-electron chi connectivity index (χ2n) is 3.92. The van der Waals surface area contributed by atoms with Crippen molar-refractivity contribution in [2.45, 2.75) is 12.8 Å². The van der Waals surface area contributed by atoms with Crippen LogP contribution in [-0.4, -0.2) is 18.1 Å². The number of anilines is 1. The number of halogens is 1. The fraction of sp³-hybridized carbons (Fsp3) is 0.308. The third-order valence-electron chi connectivity index (χ3n) is 2.68. The van der Waals surface area contributed by atoms with Crippen LogP contribution in [0.25, 0.3) is 10.8 Å². The van der Waals surface area contributed by atoms with Gasteiger partial charge in [-0.2, -0.15) is 0 Å². The molecule has 0 aliphatic carbocycles. The normalized spacial score (nSPS) is 10.7. The van der Waals surface area contributed by atoms with Crippen molar-refractivity contribution in [2.75, 3.05) is 18.4 Å². The third kappa shape index (κ3) is 2.96. The zero-order chi connectivity index (χ0) is 12.1. The Morgan fingerprint density at radius 1 is 1.18 bits per heavy atom. The van der Waals surface area contributed by atoms with Gasteiger partial charge in [-0.25, -0.2) is 4.98 Å². The molecule has 3 N–H and O–H groups in total. The van der Waals surface area contributed by atoms with Crippen LogP contribution in [0.15, 0.2) is 34.9 Å². The monoisotopic (exact) mass is 293 g/mol. The third-order valence-corrected chi connectivity index (χ3v) is 3.37. The van der Waals surface area contributed by atoms with Gasteiger partial charge in [0.05, 0.1) is 0 Å². The van der Waals surface area contributed by atoms with E-state index in [1.165, 1.54) is 5.39 Å². The van der Waals surface area contributed by atoms with Crippen molar-refractivity contribution in [2.24, 2.45) is 5.73 Å². The molecule has 1 aromatic carbocycles. The van der Waals surface area contributed by atoms with E-state index in [2.05, 4.69) is 32.3 Å². The van der Waals surface area contributed by atoms with E-state index in [1.54, 1.807) is 0 Å². The smallest absolute Gasteiger partial charge is 0.133 e. The summed E-state index contributed by atoms with van der Waals surface area (Å²) < 4.78 is 1.10. The number of fused-ring (bicyclic) bond motifs is 1. The molecule has 0 aliphatic rings. The lowest BCUT2D eigenvalue weighted by Gasteiger charge is -2.09. The standard InChI is InChI=1S/C13H16BrN3/c14-12-5-3-4-11-10(12)6-9-17-13(11)16-8-2-1-7-15/h3-6,9H,1-2,7-8,15H2,(H,16,17). The average molecular weight is 294 g/mol. The van der Waals surface area contributed by atoms with E-state index in [1.807, 2.05) is 24.4 Å². The molecule has 0 spiro atoms. The van der Waals surface area contributed by atoms with E-state index in [0.717, 1.165) is 41.6 Å². The predicted octanol–water partition coefficient (Wildman–Crippen LogP) is 3.15. The molecule has 0 saturated carbocycles. The number of pyridine rings is 1. The van der Waals surface area contributed by atoms with Gasteiger partial charge in [-0.1, -0.05) is 28.1 Å². The van der Waals surface area contributed by atoms with Crippen molar-refractivity contribution >= 4 is 32.5 Å². The summed E-state index contributed by atoms with van der Waals surface area (Å²) in [7, 11) is 0. The van der Waals surface area contributed by atoms with Crippen molar-refractivity contribution in [3.63, 3.8) is 0 Å². The zero-order valence-electron chi connectivity index (χ0n) is 9.62. The van der Waals surface area contributed by atoms with Crippen LogP contribution >= 0.6 is 15.9 Å². The van der Waals surface area contributed by atoms with E-state index in [-0.39, 0.29) is 0 Å². The molecule has 1 heterocycles. The topological polar surface area (TPSA) is 50.9 Å². The SMILES string of the molecule is NCCCCNc1nccc2c(Br)cccc12. The van der Waals surface area contributed by atoms with Gasteiger partial charge in [0.15, 0.2) is 0 Å². The molecule has 2 rings (SSSR count). The lowest BCUT2D eigenvalue weighted by atomic mass is 10.1. The molecule has 1 aromatic heterocycles. The van der Waals surface area contributed by atoms with E-state index in [0.29, 0.717) is 0 Å². The van der Waals surface area contributed by atoms with Gasteiger partial charge in [0.2, 0.25) is 0 Å². The molecule has 0 aliphatic heterocycles. The fourth-order valence-corrected chi connectivity index (χ4v) is 2.28. The maximum Gasteiger partial charge on any atom is 0.133 e. The lowest BCUT2D eigenvalue weighted by Crippen LogP contribution is -2.06. The van der Waals surface area contributed by atoms with Gasteiger partial charge in [0.1, 0.15) is 5.82 Å². The van der Waals surface area contributed by atoms with Crippen LogP contribution in [0.5, 0.6) is 0 Å². The molecule has 2 aromatic rings. The minimum atomic E-state index is 0.746. The molecule has 3 nitrogen and oxygen atoms in total. The number of unbranched alkanes of at least 4 members (excludes halogenated alkanes) is 1. The van der Waals surface area contributed by atoms with E-state index >= 15 is 0 Å². The highest BCUT2D eigenvalue weighted by atomic mass is 79.9. The molecule has 0 atom stereocenters. The molecule has 17 heavy (non-hydrogen) atoms. The highest BCUT2D eigenvalue weighted by Gasteiger charge is 2.03. The Morgan fingerprint density at radius 2 is 2.06 bits per heavy atom. The summed E-state index contributed by atoms with van der Waals surface area (Å²) in [4.78, 5) is 4.38. The Balaban J connectivity index is 2.19. The number of rotatable bonds is 5. The second-order valence-corrected chi connectivity index (χ2v) is 4.77. The minimum Gasteiger partial charge on any atom is -0.370 e. The van der Waals surface area contributed by atoms with Gasteiger partial charge in [-0.3, -0.25) is 0 Å². The van der Waals surface area contributed by atoms with Crippen LogP contribution in [0.3, 0.4) is 0 Å². The number of hydrogen-bond acceptors (Lipinski definition) is 3. The van der Waals surface area contributed by atoms with E-state index in [4.69, 9.17) is 5.73 Å². The summed E-state index contributed by atoms with van der Waals surface area (Å²) in [6, 6.07) is 8.17. The van der Waals surface area contributed by atoms with Crippen LogP contribution < -0.4 is 11.1 Å². The van der Waals surface area contributed by atoms with Crippen molar-refractivity contribution in [3.05, 3.63) is 34.9 Å². The summed E-state index contributed by atoms with van der Waals surface area (Å²) in [5.74, 6) is 0.945. The highest BCUT2D eigenvalue weighted by molar-refractivity contribution is 9.10. The Hall–Kier alpha value is -1.13. The molecule has 90 valence electrons. The van der Waals surface area contributed by atoms with Crippen LogP contribution in [0.1, 0.15) is 12.8 Å². The predicted molar refractivity (Wildman–Crippen MR) is 76.2 cm³/mol. The number of nitrogens with zero attached hydrogens (tertiary/aromatic N) is 1. The number of nitrogens with one attached hydrogen (secondary N) is 1. The maximum atomic E-state index is 5.47. The Bertz CT molecular complexity index is 499. The van der Waals surface area contributed by atoms with Gasteiger partial charge < -0.3 is 11.1 Å². The van der Waals surface area contributed by atoms with E-state index < -0.39 is 0 Å². The summed E-state index contributed by atoms with van der Waals surface area (Å²) >= 11 is 3.55. The summed E-state index contributed by atoms with van der Waals surface area (Å²) in [6.07, 6.45) is 3.95. The minimum absolute atomic E-state index is 0.746. The summed E-state index contributed by atoms with van der Waals surface area (Å²) in [6.45, 7) is 1.66. The molecule has 4 heteroatoms. The highest BCUT2D eigenvalue weighted by Crippen LogP contribution is 2.27. The summed E-state index contributed by atoms with van der Waals surface area (Å²) in [5.41, 5.74) is 5.47. The lowest BCUT2D eigenvalue weighted by molar-refractivity contribution is 0.773. The fourth-order valence-electron chi connectivity index (χ4n) is 1.79. The first kappa shape index (κ1) is 12.3. The number of nitrogens with two attached hydrogens (primary N) is 1. The van der Waals surface area contributed by atoms with Crippen LogP contribution in [0, 0.1) is 0 Å². The Morgan fingerprint density at radius 3 is 2.88 bits per heavy atom. The Labute approximate surface area is 110 Å². The molecular formula is C13H16BrN3. The molecule has 0 unspecified atom stereocenters. The van der Waals surface area contributed by atoms with Crippen molar-refractivity contribution < 1.29 is 0 Å². The molecule has 0 amide bonds. The number of aromatic nitrogens is 1. The van der Waals surface area contributed by atoms with Gasteiger partial charge in [0.25, 0.3) is 0 Å². The van der Waals surface area contributed by atoms with Gasteiger partial charge in [-0.15, -0.1) is 0 Å². The van der Waals surface area contributed by atoms with Crippen molar-refractivity contribution in [1.29, 1.82) is 0 Å². The van der Waals surface area contributed by atoms with Crippen LogP contribution in [0.4, 0.5) is 5.82 Å². The Kier molecular flexibility index (Phi) is 4.34. The largest absolute Gasteiger partial charge is 0.370 e. The molecular weight excluding hydrogens is 278 g/mol. The van der Waals surface area contributed by atoms with E-state index in [9.17, 15) is 0 Å². The first-order valence-electron chi connectivity index (χ1n) is 5.80. The van der Waals surface area contributed by atoms with Gasteiger partial charge >= 0.3 is 0 Å². The number of benzene rings is 1. The number of hydrogen-bond donors (Lipinski definition) is 2. The molecule has 0 radical (unpaired) electrons. The first-order valence-corrected chi connectivity index (χ1v) is 6.59. The molecule has 0 bridgehead atoms. The van der Waals surface area contributed by atoms with Crippen LogP contribution in [0.2, 0.25) is 0 Å². The maximum absolute atomic E-state index is 5.47. The quantitative estimate of drug-likeness (QED) is 0.833. The molecule has 0 fully saturated rings. The first-order chi connectivity index (χ1) is 8.33. The van der Waals surface area contributed by atoms with Crippen molar-refractivity contribution in [3.8, 4) is 0 Å². The molecule has 0 saturated heterocycles. The second kappa shape index (κ2) is 5.98. The zero-order valence-corrected chi connectivity index (χ0v) is 11.2. The van der Waals surface area contributed by atoms with Crippen LogP contribution in [-0.2, 0) is 0 Å². The summed E-state index contributed by atoms with van der Waals surface area (Å²) in [5, 5.41) is 5.69.